The molecule has 5 aliphatic carbocycles. The summed E-state index contributed by atoms with van der Waals surface area (Å²) < 4.78 is 5.83. The minimum atomic E-state index is -0.662. The molecule has 0 radical (unpaired) electrons. The van der Waals surface area contributed by atoms with Gasteiger partial charge in [0.2, 0.25) is 5.91 Å². The number of esters is 1. The Hall–Kier alpha value is -1.69. The van der Waals surface area contributed by atoms with Gasteiger partial charge in [0, 0.05) is 23.7 Å². The summed E-state index contributed by atoms with van der Waals surface area (Å²) in [6, 6.07) is 0. The lowest BCUT2D eigenvalue weighted by atomic mass is 9.34. The van der Waals surface area contributed by atoms with Crippen LogP contribution in [0.4, 0.5) is 0 Å². The van der Waals surface area contributed by atoms with E-state index in [1.54, 1.807) is 0 Å². The summed E-state index contributed by atoms with van der Waals surface area (Å²) in [6.45, 7) is 17.5. The fourth-order valence-electron chi connectivity index (χ4n) is 10.8. The zero-order valence-corrected chi connectivity index (χ0v) is 24.8. The number of ketones is 1. The molecule has 0 unspecified atom stereocenters. The van der Waals surface area contributed by atoms with E-state index >= 15 is 0 Å². The number of nitrogens with one attached hydrogen (secondary N) is 1. The average Bonchev–Trinajstić information content (AvgIpc) is 2.83. The van der Waals surface area contributed by atoms with Crippen LogP contribution in [0.2, 0.25) is 0 Å². The normalized spacial score (nSPS) is 49.4. The van der Waals surface area contributed by atoms with Gasteiger partial charge in [-0.1, -0.05) is 54.0 Å². The maximum Gasteiger partial charge on any atom is 0.302 e. The van der Waals surface area contributed by atoms with Crippen LogP contribution in [0.3, 0.4) is 0 Å². The molecule has 0 aliphatic heterocycles. The summed E-state index contributed by atoms with van der Waals surface area (Å²) in [5.41, 5.74) is 2.05. The maximum atomic E-state index is 14.4. The summed E-state index contributed by atoms with van der Waals surface area (Å²) in [5, 5.41) is 9.49. The molecular weight excluding hydrogens is 478 g/mol. The molecule has 0 aromatic rings. The number of allylic oxidation sites excluding steroid dienone is 2. The predicted molar refractivity (Wildman–Crippen MR) is 145 cm³/mol. The molecule has 6 nitrogen and oxygen atoms in total. The van der Waals surface area contributed by atoms with Crippen LogP contribution < -0.4 is 5.48 Å². The monoisotopic (exact) mass is 527 g/mol. The molecule has 0 bridgehead atoms. The second kappa shape index (κ2) is 8.41. The number of hydrogen-bond acceptors (Lipinski definition) is 5. The molecule has 4 fully saturated rings. The topological polar surface area (TPSA) is 92.7 Å². The molecule has 6 heteroatoms. The Morgan fingerprint density at radius 3 is 2.24 bits per heavy atom. The third-order valence-corrected chi connectivity index (χ3v) is 13.5. The van der Waals surface area contributed by atoms with E-state index in [2.05, 4.69) is 41.5 Å². The van der Waals surface area contributed by atoms with Gasteiger partial charge in [-0.15, -0.1) is 0 Å². The van der Waals surface area contributed by atoms with Crippen molar-refractivity contribution in [2.24, 2.45) is 50.2 Å². The van der Waals surface area contributed by atoms with Crippen LogP contribution in [0, 0.1) is 50.2 Å². The number of amides is 1. The summed E-state index contributed by atoms with van der Waals surface area (Å²) in [5.74, 6) is 0.0336. The van der Waals surface area contributed by atoms with Crippen molar-refractivity contribution >= 4 is 17.7 Å². The lowest BCUT2D eigenvalue weighted by Gasteiger charge is -2.70. The molecular formula is C32H49NO5. The number of rotatable bonds is 2. The highest BCUT2D eigenvalue weighted by atomic mass is 16.5. The van der Waals surface area contributed by atoms with Crippen molar-refractivity contribution in [3.8, 4) is 0 Å². The van der Waals surface area contributed by atoms with E-state index in [4.69, 9.17) is 4.74 Å². The SMILES string of the molecule is CC(=O)O[C@H]1CC[C@]2(C)C3=CC(=O)[C@H]4[C@@H]5C[C@@](C)(C(=O)NO)CC[C@]5(C)CC[C@@]4(C)[C@]3(C)CC[C@H]2C1(C)C. The molecule has 38 heavy (non-hydrogen) atoms. The van der Waals surface area contributed by atoms with Crippen LogP contribution in [0.25, 0.3) is 0 Å². The fourth-order valence-corrected chi connectivity index (χ4v) is 10.8. The summed E-state index contributed by atoms with van der Waals surface area (Å²) >= 11 is 0. The van der Waals surface area contributed by atoms with Crippen molar-refractivity contribution in [1.29, 1.82) is 0 Å². The molecule has 0 saturated heterocycles. The highest BCUT2D eigenvalue weighted by Gasteiger charge is 2.69. The third-order valence-electron chi connectivity index (χ3n) is 13.5. The number of hydroxylamine groups is 1. The Morgan fingerprint density at radius 1 is 0.947 bits per heavy atom. The van der Waals surface area contributed by atoms with E-state index in [-0.39, 0.29) is 62.7 Å². The van der Waals surface area contributed by atoms with Crippen LogP contribution >= 0.6 is 0 Å². The Morgan fingerprint density at radius 2 is 1.61 bits per heavy atom. The summed E-state index contributed by atoms with van der Waals surface area (Å²) in [7, 11) is 0. The lowest BCUT2D eigenvalue weighted by Crippen LogP contribution is -2.65. The first-order valence-corrected chi connectivity index (χ1v) is 14.9. The molecule has 4 saturated carbocycles. The van der Waals surface area contributed by atoms with Crippen molar-refractivity contribution in [1.82, 2.24) is 5.48 Å². The Kier molecular flexibility index (Phi) is 6.16. The molecule has 9 atom stereocenters. The molecule has 2 N–H and O–H groups in total. The van der Waals surface area contributed by atoms with Gasteiger partial charge in [-0.3, -0.25) is 19.6 Å². The maximum absolute atomic E-state index is 14.4. The van der Waals surface area contributed by atoms with Crippen LogP contribution in [0.5, 0.6) is 0 Å². The number of carbonyl (C=O) groups excluding carboxylic acids is 3. The molecule has 0 aromatic carbocycles. The van der Waals surface area contributed by atoms with Gasteiger partial charge in [-0.25, -0.2) is 5.48 Å². The second-order valence-corrected chi connectivity index (χ2v) is 15.6. The average molecular weight is 528 g/mol. The molecule has 1 amide bonds. The van der Waals surface area contributed by atoms with Crippen molar-refractivity contribution in [2.45, 2.75) is 119 Å². The van der Waals surface area contributed by atoms with Crippen molar-refractivity contribution in [3.63, 3.8) is 0 Å². The molecule has 5 rings (SSSR count). The Bertz CT molecular complexity index is 1100. The standard InChI is InChI=1S/C32H49NO5/c1-19(34)38-24-10-11-30(6)22(27(24,2)3)9-12-31(7)23(30)17-21(35)25-20-18-29(5,26(36)33-37)14-13-28(20,4)15-16-32(25,31)8/h17,20,22,24-25,37H,9-16,18H2,1-8H3,(H,33,36)/t20-,22-,24-,25+,28+,29-,30-,31+,32+/m0/s1. The second-order valence-electron chi connectivity index (χ2n) is 15.6. The van der Waals surface area contributed by atoms with Gasteiger partial charge in [0.25, 0.3) is 0 Å². The predicted octanol–water partition coefficient (Wildman–Crippen LogP) is 6.40. The highest BCUT2D eigenvalue weighted by Crippen LogP contribution is 2.75. The first-order valence-electron chi connectivity index (χ1n) is 14.9. The minimum absolute atomic E-state index is 0.0297. The highest BCUT2D eigenvalue weighted by molar-refractivity contribution is 5.95. The van der Waals surface area contributed by atoms with E-state index in [1.165, 1.54) is 12.5 Å². The lowest BCUT2D eigenvalue weighted by molar-refractivity contribution is -0.187. The Labute approximate surface area is 228 Å². The van der Waals surface area contributed by atoms with Gasteiger partial charge in [-0.2, -0.15) is 0 Å². The van der Waals surface area contributed by atoms with Crippen LogP contribution in [0.15, 0.2) is 11.6 Å². The number of hydrogen-bond donors (Lipinski definition) is 2. The van der Waals surface area contributed by atoms with Crippen LogP contribution in [-0.4, -0.2) is 29.0 Å². The van der Waals surface area contributed by atoms with Crippen molar-refractivity contribution in [2.75, 3.05) is 0 Å². The van der Waals surface area contributed by atoms with E-state index in [0.717, 1.165) is 51.4 Å². The molecule has 0 spiro atoms. The Balaban J connectivity index is 1.57. The van der Waals surface area contributed by atoms with E-state index < -0.39 is 5.41 Å². The fraction of sp³-hybridized carbons (Fsp3) is 0.844. The van der Waals surface area contributed by atoms with Gasteiger partial charge in [0.05, 0.1) is 0 Å². The third kappa shape index (κ3) is 3.50. The first-order chi connectivity index (χ1) is 17.5. The van der Waals surface area contributed by atoms with Crippen molar-refractivity contribution in [3.05, 3.63) is 11.6 Å². The first kappa shape index (κ1) is 27.9. The van der Waals surface area contributed by atoms with Crippen molar-refractivity contribution < 1.29 is 24.3 Å². The van der Waals surface area contributed by atoms with Crippen LogP contribution in [0.1, 0.15) is 113 Å². The van der Waals surface area contributed by atoms with E-state index in [0.29, 0.717) is 12.3 Å². The minimum Gasteiger partial charge on any atom is -0.462 e. The van der Waals surface area contributed by atoms with Crippen LogP contribution in [-0.2, 0) is 19.1 Å². The van der Waals surface area contributed by atoms with Gasteiger partial charge in [0.1, 0.15) is 6.10 Å². The van der Waals surface area contributed by atoms with Gasteiger partial charge in [0.15, 0.2) is 5.78 Å². The molecule has 5 aliphatic rings. The van der Waals surface area contributed by atoms with Gasteiger partial charge < -0.3 is 4.74 Å². The molecule has 0 aromatic heterocycles. The van der Waals surface area contributed by atoms with Gasteiger partial charge in [-0.05, 0) is 97.4 Å². The molecule has 212 valence electrons. The van der Waals surface area contributed by atoms with Gasteiger partial charge >= 0.3 is 5.97 Å². The number of carbonyl (C=O) groups is 3. The zero-order chi connectivity index (χ0) is 28.1. The zero-order valence-electron chi connectivity index (χ0n) is 24.8. The largest absolute Gasteiger partial charge is 0.462 e. The summed E-state index contributed by atoms with van der Waals surface area (Å²) in [6.07, 6.45) is 10.1. The smallest absolute Gasteiger partial charge is 0.302 e. The number of ether oxygens (including phenoxy) is 1. The van der Waals surface area contributed by atoms with E-state index in [1.807, 2.05) is 18.5 Å². The summed E-state index contributed by atoms with van der Waals surface area (Å²) in [4.78, 5) is 39.0. The van der Waals surface area contributed by atoms with E-state index in [9.17, 15) is 19.6 Å². The quantitative estimate of drug-likeness (QED) is 0.246. The number of fused-ring (bicyclic) bond motifs is 7. The molecule has 0 heterocycles.